The zero-order valence-electron chi connectivity index (χ0n) is 8.79. The maximum absolute atomic E-state index is 8.68. The molecular formula is C12H10ClN3. The van der Waals surface area contributed by atoms with E-state index in [1.165, 1.54) is 0 Å². The molecule has 16 heavy (non-hydrogen) atoms. The van der Waals surface area contributed by atoms with Crippen molar-refractivity contribution in [2.45, 2.75) is 13.3 Å². The van der Waals surface area contributed by atoms with Gasteiger partial charge in [-0.2, -0.15) is 5.26 Å². The van der Waals surface area contributed by atoms with Crippen molar-refractivity contribution in [1.82, 2.24) is 9.97 Å². The zero-order chi connectivity index (χ0) is 11.5. The van der Waals surface area contributed by atoms with Gasteiger partial charge >= 0.3 is 0 Å². The van der Waals surface area contributed by atoms with Crippen LogP contribution in [0.2, 0.25) is 5.15 Å². The van der Waals surface area contributed by atoms with Crippen molar-refractivity contribution < 1.29 is 0 Å². The average molecular weight is 232 g/mol. The predicted molar refractivity (Wildman–Crippen MR) is 62.3 cm³/mol. The molecule has 1 aromatic heterocycles. The fourth-order valence-corrected chi connectivity index (χ4v) is 1.77. The Morgan fingerprint density at radius 1 is 1.38 bits per heavy atom. The first-order valence-corrected chi connectivity index (χ1v) is 5.27. The van der Waals surface area contributed by atoms with Crippen LogP contribution in [0.4, 0.5) is 0 Å². The van der Waals surface area contributed by atoms with Crippen LogP contribution in [0.15, 0.2) is 24.3 Å². The van der Waals surface area contributed by atoms with Gasteiger partial charge in [-0.05, 0) is 24.6 Å². The minimum Gasteiger partial charge on any atom is -0.345 e. The van der Waals surface area contributed by atoms with Crippen molar-refractivity contribution in [3.05, 3.63) is 52.1 Å². The molecule has 0 aliphatic heterocycles. The van der Waals surface area contributed by atoms with E-state index in [0.29, 0.717) is 17.1 Å². The van der Waals surface area contributed by atoms with Crippen LogP contribution in [0, 0.1) is 18.3 Å². The third-order valence-electron chi connectivity index (χ3n) is 2.31. The second kappa shape index (κ2) is 4.38. The van der Waals surface area contributed by atoms with Crippen LogP contribution in [0.25, 0.3) is 0 Å². The number of aromatic nitrogens is 2. The third-order valence-corrected chi connectivity index (χ3v) is 2.62. The number of benzene rings is 1. The normalized spacial score (nSPS) is 10.1. The van der Waals surface area contributed by atoms with E-state index < -0.39 is 0 Å². The number of H-pyrrole nitrogens is 1. The summed E-state index contributed by atoms with van der Waals surface area (Å²) in [7, 11) is 0. The second-order valence-electron chi connectivity index (χ2n) is 3.58. The minimum atomic E-state index is 0.516. The fourth-order valence-electron chi connectivity index (χ4n) is 1.53. The summed E-state index contributed by atoms with van der Waals surface area (Å²) in [5.74, 6) is 0.814. The van der Waals surface area contributed by atoms with E-state index in [9.17, 15) is 0 Å². The SMILES string of the molecule is Cc1nc(Cl)c(Cc2ccc(C#N)cc2)[nH]1. The Morgan fingerprint density at radius 2 is 2.06 bits per heavy atom. The standard InChI is InChI=1S/C12H10ClN3/c1-8-15-11(12(13)16-8)6-9-2-4-10(7-14)5-3-9/h2-5H,6H2,1H3,(H,15,16). The van der Waals surface area contributed by atoms with Crippen LogP contribution in [-0.4, -0.2) is 9.97 Å². The van der Waals surface area contributed by atoms with Gasteiger partial charge in [0.15, 0.2) is 5.15 Å². The number of aryl methyl sites for hydroxylation is 1. The number of nitriles is 1. The monoisotopic (exact) mass is 231 g/mol. The lowest BCUT2D eigenvalue weighted by molar-refractivity contribution is 1.07. The molecule has 0 aliphatic rings. The highest BCUT2D eigenvalue weighted by atomic mass is 35.5. The zero-order valence-corrected chi connectivity index (χ0v) is 9.54. The van der Waals surface area contributed by atoms with Crippen LogP contribution in [-0.2, 0) is 6.42 Å². The van der Waals surface area contributed by atoms with Crippen LogP contribution in [0.1, 0.15) is 22.6 Å². The van der Waals surface area contributed by atoms with Crippen LogP contribution < -0.4 is 0 Å². The van der Waals surface area contributed by atoms with Gasteiger partial charge in [-0.1, -0.05) is 23.7 Å². The molecule has 0 atom stereocenters. The van der Waals surface area contributed by atoms with Crippen LogP contribution in [0.5, 0.6) is 0 Å². The lowest BCUT2D eigenvalue weighted by Crippen LogP contribution is -1.89. The van der Waals surface area contributed by atoms with Crippen molar-refractivity contribution in [2.24, 2.45) is 0 Å². The Balaban J connectivity index is 2.21. The summed E-state index contributed by atoms with van der Waals surface area (Å²) in [5.41, 5.74) is 2.67. The molecule has 2 rings (SSSR count). The van der Waals surface area contributed by atoms with Gasteiger partial charge < -0.3 is 4.98 Å². The van der Waals surface area contributed by atoms with Crippen molar-refractivity contribution >= 4 is 11.6 Å². The molecule has 1 heterocycles. The number of imidazole rings is 1. The van der Waals surface area contributed by atoms with Crippen molar-refractivity contribution in [2.75, 3.05) is 0 Å². The van der Waals surface area contributed by atoms with Gasteiger partial charge in [0.2, 0.25) is 0 Å². The van der Waals surface area contributed by atoms with E-state index in [1.54, 1.807) is 12.1 Å². The van der Waals surface area contributed by atoms with Crippen molar-refractivity contribution in [1.29, 1.82) is 5.26 Å². The molecular weight excluding hydrogens is 222 g/mol. The van der Waals surface area contributed by atoms with Crippen LogP contribution >= 0.6 is 11.6 Å². The summed E-state index contributed by atoms with van der Waals surface area (Å²) < 4.78 is 0. The molecule has 2 aromatic rings. The number of hydrogen-bond donors (Lipinski definition) is 1. The highest BCUT2D eigenvalue weighted by molar-refractivity contribution is 6.30. The van der Waals surface area contributed by atoms with Crippen molar-refractivity contribution in [3.63, 3.8) is 0 Å². The van der Waals surface area contributed by atoms with Crippen molar-refractivity contribution in [3.8, 4) is 6.07 Å². The summed E-state index contributed by atoms with van der Waals surface area (Å²) in [6.45, 7) is 1.87. The molecule has 0 unspecified atom stereocenters. The molecule has 1 N–H and O–H groups in total. The molecule has 0 radical (unpaired) electrons. The predicted octanol–water partition coefficient (Wildman–Crippen LogP) is 2.83. The Kier molecular flexibility index (Phi) is 2.93. The van der Waals surface area contributed by atoms with Gasteiger partial charge in [-0.3, -0.25) is 0 Å². The third kappa shape index (κ3) is 2.23. The summed E-state index contributed by atoms with van der Waals surface area (Å²) in [6, 6.07) is 9.53. The number of hydrogen-bond acceptors (Lipinski definition) is 2. The van der Waals surface area contributed by atoms with E-state index in [0.717, 1.165) is 17.1 Å². The molecule has 0 amide bonds. The molecule has 4 heteroatoms. The molecule has 0 aliphatic carbocycles. The first-order chi connectivity index (χ1) is 7.69. The highest BCUT2D eigenvalue weighted by Crippen LogP contribution is 2.16. The quantitative estimate of drug-likeness (QED) is 0.864. The Labute approximate surface area is 98.7 Å². The lowest BCUT2D eigenvalue weighted by atomic mass is 10.1. The topological polar surface area (TPSA) is 52.5 Å². The van der Waals surface area contributed by atoms with E-state index in [-0.39, 0.29) is 0 Å². The minimum absolute atomic E-state index is 0.516. The molecule has 0 fully saturated rings. The largest absolute Gasteiger partial charge is 0.345 e. The summed E-state index contributed by atoms with van der Waals surface area (Å²) in [6.07, 6.45) is 0.700. The Morgan fingerprint density at radius 3 is 2.56 bits per heavy atom. The maximum Gasteiger partial charge on any atom is 0.150 e. The fraction of sp³-hybridized carbons (Fsp3) is 0.167. The molecule has 0 bridgehead atoms. The summed E-state index contributed by atoms with van der Waals surface area (Å²) in [5, 5.41) is 9.19. The molecule has 0 spiro atoms. The van der Waals surface area contributed by atoms with Gasteiger partial charge in [0.1, 0.15) is 5.82 Å². The van der Waals surface area contributed by atoms with E-state index >= 15 is 0 Å². The molecule has 1 aromatic carbocycles. The second-order valence-corrected chi connectivity index (χ2v) is 3.94. The number of halogens is 1. The molecule has 0 saturated heterocycles. The van der Waals surface area contributed by atoms with E-state index in [1.807, 2.05) is 19.1 Å². The Hall–Kier alpha value is -1.79. The van der Waals surface area contributed by atoms with Gasteiger partial charge in [0.25, 0.3) is 0 Å². The number of rotatable bonds is 2. The van der Waals surface area contributed by atoms with Gasteiger partial charge in [-0.25, -0.2) is 4.98 Å². The van der Waals surface area contributed by atoms with Crippen LogP contribution in [0.3, 0.4) is 0 Å². The Bertz CT molecular complexity index is 534. The number of nitrogens with zero attached hydrogens (tertiary/aromatic N) is 2. The summed E-state index contributed by atoms with van der Waals surface area (Å²) >= 11 is 5.96. The van der Waals surface area contributed by atoms with Gasteiger partial charge in [-0.15, -0.1) is 0 Å². The first-order valence-electron chi connectivity index (χ1n) is 4.89. The number of nitrogens with one attached hydrogen (secondary N) is 1. The lowest BCUT2D eigenvalue weighted by Gasteiger charge is -1.99. The maximum atomic E-state index is 8.68. The molecule has 0 saturated carbocycles. The van der Waals surface area contributed by atoms with E-state index in [4.69, 9.17) is 16.9 Å². The first kappa shape index (κ1) is 10.7. The molecule has 3 nitrogen and oxygen atoms in total. The summed E-state index contributed by atoms with van der Waals surface area (Å²) in [4.78, 5) is 7.21. The smallest absolute Gasteiger partial charge is 0.150 e. The number of aromatic amines is 1. The highest BCUT2D eigenvalue weighted by Gasteiger charge is 2.06. The molecule has 80 valence electrons. The van der Waals surface area contributed by atoms with E-state index in [2.05, 4.69) is 16.0 Å². The average Bonchev–Trinajstić information content (AvgIpc) is 2.59. The van der Waals surface area contributed by atoms with Gasteiger partial charge in [0, 0.05) is 6.42 Å². The van der Waals surface area contributed by atoms with Gasteiger partial charge in [0.05, 0.1) is 17.3 Å².